The second-order valence-corrected chi connectivity index (χ2v) is 9.82. The summed E-state index contributed by atoms with van der Waals surface area (Å²) in [6.45, 7) is 0. The Morgan fingerprint density at radius 3 is 2.84 bits per heavy atom. The van der Waals surface area contributed by atoms with Crippen molar-refractivity contribution in [1.82, 2.24) is 25.1 Å². The second kappa shape index (κ2) is 6.88. The largest absolute Gasteiger partial charge is 0.452 e. The first-order valence-electron chi connectivity index (χ1n) is 11.0. The summed E-state index contributed by atoms with van der Waals surface area (Å²) >= 11 is 1.66. The summed E-state index contributed by atoms with van der Waals surface area (Å²) in [7, 11) is 0. The highest BCUT2D eigenvalue weighted by atomic mass is 32.1. The van der Waals surface area contributed by atoms with E-state index in [0.29, 0.717) is 29.5 Å². The Hall–Kier alpha value is -3.23. The lowest BCUT2D eigenvalue weighted by atomic mass is 10.00. The maximum atomic E-state index is 6.24. The lowest BCUT2D eigenvalue weighted by molar-refractivity contribution is 0.281. The van der Waals surface area contributed by atoms with Crippen molar-refractivity contribution in [2.24, 2.45) is 0 Å². The van der Waals surface area contributed by atoms with Crippen LogP contribution < -0.4 is 11.1 Å². The van der Waals surface area contributed by atoms with E-state index in [9.17, 15) is 0 Å². The van der Waals surface area contributed by atoms with Crippen molar-refractivity contribution in [2.45, 2.75) is 43.8 Å². The van der Waals surface area contributed by atoms with Crippen LogP contribution in [0.3, 0.4) is 0 Å². The van der Waals surface area contributed by atoms with E-state index in [4.69, 9.17) is 15.2 Å². The molecule has 2 aliphatic heterocycles. The monoisotopic (exact) mass is 442 g/mol. The van der Waals surface area contributed by atoms with Crippen LogP contribution in [0.5, 0.6) is 0 Å². The summed E-state index contributed by atoms with van der Waals surface area (Å²) in [5.74, 6) is 1.19. The molecule has 3 N–H and O–H groups in total. The molecule has 0 aliphatic carbocycles. The van der Waals surface area contributed by atoms with Crippen LogP contribution in [0.25, 0.3) is 43.5 Å². The van der Waals surface area contributed by atoms with Crippen molar-refractivity contribution in [3.63, 3.8) is 0 Å². The number of anilines is 1. The number of nitrogens with one attached hydrogen (secondary N) is 1. The molecule has 0 radical (unpaired) electrons. The molecular formula is C24H22N6OS. The number of nitrogens with zero attached hydrogens (tertiary/aromatic N) is 4. The molecule has 7 rings (SSSR count). The topological polar surface area (TPSA) is 94.8 Å². The number of aromatic nitrogens is 4. The van der Waals surface area contributed by atoms with E-state index in [1.165, 1.54) is 12.8 Å². The van der Waals surface area contributed by atoms with Gasteiger partial charge in [0.25, 0.3) is 0 Å². The van der Waals surface area contributed by atoms with E-state index in [0.717, 1.165) is 50.8 Å². The molecule has 7 heterocycles. The third kappa shape index (κ3) is 2.79. The number of rotatable bonds is 3. The first-order chi connectivity index (χ1) is 15.7. The number of furan rings is 1. The molecule has 2 saturated heterocycles. The van der Waals surface area contributed by atoms with Crippen LogP contribution in [0.1, 0.15) is 31.7 Å². The molecule has 2 fully saturated rings. The Balaban J connectivity index is 1.31. The van der Waals surface area contributed by atoms with E-state index in [1.54, 1.807) is 11.3 Å². The smallest absolute Gasteiger partial charge is 0.177 e. The average molecular weight is 443 g/mol. The second-order valence-electron chi connectivity index (χ2n) is 8.90. The van der Waals surface area contributed by atoms with E-state index >= 15 is 0 Å². The van der Waals surface area contributed by atoms with Gasteiger partial charge < -0.3 is 15.5 Å². The Morgan fingerprint density at radius 2 is 1.97 bits per heavy atom. The third-order valence-electron chi connectivity index (χ3n) is 6.97. The summed E-state index contributed by atoms with van der Waals surface area (Å²) in [5.41, 5.74) is 9.91. The SMILES string of the molecule is Nc1ncc(-c2cnn([C@@H]3C[C@H]4CC[C@@H](C3)N4)c2)c2cc(-c3csc4cnccc34)oc12. The van der Waals surface area contributed by atoms with Gasteiger partial charge in [0.2, 0.25) is 0 Å². The van der Waals surface area contributed by atoms with E-state index in [1.807, 2.05) is 30.9 Å². The van der Waals surface area contributed by atoms with Crippen molar-refractivity contribution in [1.29, 1.82) is 0 Å². The van der Waals surface area contributed by atoms with Crippen LogP contribution in [0, 0.1) is 0 Å². The van der Waals surface area contributed by atoms with Gasteiger partial charge in [-0.15, -0.1) is 11.3 Å². The number of thiophene rings is 1. The van der Waals surface area contributed by atoms with Gasteiger partial charge in [0.1, 0.15) is 5.76 Å². The molecule has 2 bridgehead atoms. The fourth-order valence-electron chi connectivity index (χ4n) is 5.40. The number of fused-ring (bicyclic) bond motifs is 4. The summed E-state index contributed by atoms with van der Waals surface area (Å²) < 4.78 is 9.51. The normalized spacial score (nSPS) is 22.8. The number of nitrogens with two attached hydrogens (primary N) is 1. The zero-order chi connectivity index (χ0) is 21.2. The zero-order valence-corrected chi connectivity index (χ0v) is 18.2. The Bertz CT molecular complexity index is 1450. The number of hydrogen-bond acceptors (Lipinski definition) is 7. The molecule has 3 atom stereocenters. The molecule has 32 heavy (non-hydrogen) atoms. The predicted octanol–water partition coefficient (Wildman–Crippen LogP) is 5.01. The van der Waals surface area contributed by atoms with Crippen LogP contribution in [-0.4, -0.2) is 31.8 Å². The summed E-state index contributed by atoms with van der Waals surface area (Å²) in [6, 6.07) is 5.80. The minimum absolute atomic E-state index is 0.401. The molecule has 5 aromatic rings. The minimum Gasteiger partial charge on any atom is -0.452 e. The van der Waals surface area contributed by atoms with Crippen LogP contribution in [0.4, 0.5) is 5.82 Å². The van der Waals surface area contributed by atoms with Crippen molar-refractivity contribution < 1.29 is 4.42 Å². The highest BCUT2D eigenvalue weighted by Crippen LogP contribution is 2.41. The summed E-state index contributed by atoms with van der Waals surface area (Å²) in [6.07, 6.45) is 14.5. The van der Waals surface area contributed by atoms with Gasteiger partial charge in [0.05, 0.1) is 16.9 Å². The van der Waals surface area contributed by atoms with E-state index in [2.05, 4.69) is 37.6 Å². The van der Waals surface area contributed by atoms with Crippen LogP contribution in [0.15, 0.2) is 52.9 Å². The molecule has 0 amide bonds. The molecule has 0 saturated carbocycles. The molecule has 0 spiro atoms. The molecule has 0 aromatic carbocycles. The zero-order valence-electron chi connectivity index (χ0n) is 17.4. The Labute approximate surface area is 188 Å². The van der Waals surface area contributed by atoms with Crippen LogP contribution in [0.2, 0.25) is 0 Å². The number of pyridine rings is 2. The van der Waals surface area contributed by atoms with Crippen molar-refractivity contribution in [3.05, 3.63) is 48.5 Å². The molecular weight excluding hydrogens is 420 g/mol. The van der Waals surface area contributed by atoms with E-state index in [-0.39, 0.29) is 0 Å². The first-order valence-corrected chi connectivity index (χ1v) is 11.9. The summed E-state index contributed by atoms with van der Waals surface area (Å²) in [4.78, 5) is 8.65. The third-order valence-corrected chi connectivity index (χ3v) is 7.90. The van der Waals surface area contributed by atoms with Gasteiger partial charge in [-0.1, -0.05) is 0 Å². The van der Waals surface area contributed by atoms with Gasteiger partial charge >= 0.3 is 0 Å². The minimum atomic E-state index is 0.401. The maximum absolute atomic E-state index is 6.24. The van der Waals surface area contributed by atoms with Crippen LogP contribution >= 0.6 is 11.3 Å². The highest BCUT2D eigenvalue weighted by molar-refractivity contribution is 7.17. The van der Waals surface area contributed by atoms with Crippen molar-refractivity contribution >= 4 is 38.2 Å². The molecule has 5 aromatic heterocycles. The molecule has 0 unspecified atom stereocenters. The fourth-order valence-corrected chi connectivity index (χ4v) is 6.31. The maximum Gasteiger partial charge on any atom is 0.177 e. The van der Waals surface area contributed by atoms with Crippen molar-refractivity contribution in [2.75, 3.05) is 5.73 Å². The van der Waals surface area contributed by atoms with Gasteiger partial charge in [0, 0.05) is 69.7 Å². The lowest BCUT2D eigenvalue weighted by Gasteiger charge is -2.29. The highest BCUT2D eigenvalue weighted by Gasteiger charge is 2.34. The first kappa shape index (κ1) is 18.4. The number of nitrogen functional groups attached to an aromatic ring is 1. The lowest BCUT2D eigenvalue weighted by Crippen LogP contribution is -2.38. The number of piperidine rings is 1. The van der Waals surface area contributed by atoms with Crippen LogP contribution in [-0.2, 0) is 0 Å². The van der Waals surface area contributed by atoms with Gasteiger partial charge in [-0.3, -0.25) is 9.67 Å². The van der Waals surface area contributed by atoms with Gasteiger partial charge in [-0.2, -0.15) is 5.10 Å². The molecule has 2 aliphatic rings. The molecule has 8 heteroatoms. The van der Waals surface area contributed by atoms with E-state index < -0.39 is 0 Å². The Kier molecular flexibility index (Phi) is 3.95. The van der Waals surface area contributed by atoms with Crippen molar-refractivity contribution in [3.8, 4) is 22.5 Å². The number of hydrogen-bond donors (Lipinski definition) is 2. The van der Waals surface area contributed by atoms with Gasteiger partial charge in [0.15, 0.2) is 11.4 Å². The fraction of sp³-hybridized carbons (Fsp3) is 0.292. The summed E-state index contributed by atoms with van der Waals surface area (Å²) in [5, 5.41) is 12.6. The Morgan fingerprint density at radius 1 is 1.09 bits per heavy atom. The molecule has 7 nitrogen and oxygen atoms in total. The predicted molar refractivity (Wildman–Crippen MR) is 126 cm³/mol. The average Bonchev–Trinajstić information content (AvgIpc) is 3.59. The molecule has 160 valence electrons. The van der Waals surface area contributed by atoms with Gasteiger partial charge in [-0.25, -0.2) is 4.98 Å². The van der Waals surface area contributed by atoms with Gasteiger partial charge in [-0.05, 0) is 37.8 Å². The quantitative estimate of drug-likeness (QED) is 0.408. The standard InChI is InChI=1S/C24H22N6OS/c25-24-23-18(7-21(31-23)20-12-32-22-10-26-4-3-17(20)22)19(9-27-24)13-8-28-30(11-13)16-5-14-1-2-15(6-16)29-14/h3-4,7-12,14-16,29H,1-2,5-6H2,(H2,25,27)/t14-,15+,16-.